The van der Waals surface area contributed by atoms with Crippen molar-refractivity contribution in [2.24, 2.45) is 0 Å². The van der Waals surface area contributed by atoms with Crippen molar-refractivity contribution in [2.45, 2.75) is 36.8 Å². The Kier molecular flexibility index (Phi) is 2.97. The van der Waals surface area contributed by atoms with Crippen LogP contribution in [0.4, 0.5) is 4.79 Å². The molecule has 0 atom stereocenters. The molecule has 2 aliphatic rings. The zero-order chi connectivity index (χ0) is 13.3. The molecule has 1 aliphatic carbocycles. The van der Waals surface area contributed by atoms with Crippen LogP contribution in [-0.2, 0) is 5.54 Å². The van der Waals surface area contributed by atoms with Crippen molar-refractivity contribution in [1.82, 2.24) is 16.0 Å². The Hall–Kier alpha value is -1.55. The first-order valence-corrected chi connectivity index (χ1v) is 6.99. The van der Waals surface area contributed by atoms with Gasteiger partial charge in [0.2, 0.25) is 0 Å². The van der Waals surface area contributed by atoms with E-state index in [0.29, 0.717) is 0 Å². The van der Waals surface area contributed by atoms with Gasteiger partial charge in [0.25, 0.3) is 0 Å². The van der Waals surface area contributed by atoms with Crippen molar-refractivity contribution < 1.29 is 4.79 Å². The molecular weight excluding hydrogens is 238 g/mol. The molecule has 0 unspecified atom stereocenters. The van der Waals surface area contributed by atoms with Crippen molar-refractivity contribution in [3.05, 3.63) is 35.9 Å². The summed E-state index contributed by atoms with van der Waals surface area (Å²) >= 11 is 0. The van der Waals surface area contributed by atoms with Crippen molar-refractivity contribution >= 4 is 6.03 Å². The molecule has 1 saturated heterocycles. The Bertz CT molecular complexity index is 464. The largest absolute Gasteiger partial charge is 0.336 e. The Balaban J connectivity index is 1.79. The lowest BCUT2D eigenvalue weighted by atomic mass is 9.69. The van der Waals surface area contributed by atoms with Gasteiger partial charge < -0.3 is 16.0 Å². The average Bonchev–Trinajstić information content (AvgIpc) is 2.83. The maximum atomic E-state index is 11.4. The van der Waals surface area contributed by atoms with Crippen LogP contribution in [0.3, 0.4) is 0 Å². The molecule has 0 aromatic heterocycles. The van der Waals surface area contributed by atoms with E-state index in [1.165, 1.54) is 5.56 Å². The molecule has 1 heterocycles. The maximum absolute atomic E-state index is 11.4. The third-order valence-corrected chi connectivity index (χ3v) is 4.83. The molecule has 2 fully saturated rings. The van der Waals surface area contributed by atoms with E-state index in [4.69, 9.17) is 0 Å². The number of carbonyl (C=O) groups excluding carboxylic acids is 1. The Labute approximate surface area is 114 Å². The van der Waals surface area contributed by atoms with Gasteiger partial charge in [0.15, 0.2) is 0 Å². The van der Waals surface area contributed by atoms with Gasteiger partial charge in [-0.2, -0.15) is 0 Å². The molecule has 2 amide bonds. The summed E-state index contributed by atoms with van der Waals surface area (Å²) in [5, 5.41) is 9.52. The number of hydrogen-bond donors (Lipinski definition) is 3. The number of hydrogen-bond acceptors (Lipinski definition) is 2. The normalized spacial score (nSPS) is 34.1. The monoisotopic (exact) mass is 259 g/mol. The topological polar surface area (TPSA) is 53.2 Å². The molecule has 4 nitrogen and oxygen atoms in total. The minimum absolute atomic E-state index is 0.0170. The number of amides is 2. The lowest BCUT2D eigenvalue weighted by molar-refractivity contribution is 0.166. The molecule has 3 N–H and O–H groups in total. The maximum Gasteiger partial charge on any atom is 0.315 e. The quantitative estimate of drug-likeness (QED) is 0.757. The minimum Gasteiger partial charge on any atom is -0.336 e. The van der Waals surface area contributed by atoms with E-state index in [0.717, 1.165) is 32.2 Å². The second-order valence-corrected chi connectivity index (χ2v) is 5.79. The molecule has 1 saturated carbocycles. The Morgan fingerprint density at radius 1 is 1.11 bits per heavy atom. The highest BCUT2D eigenvalue weighted by Gasteiger charge is 2.46. The summed E-state index contributed by atoms with van der Waals surface area (Å²) in [4.78, 5) is 11.4. The summed E-state index contributed by atoms with van der Waals surface area (Å²) in [5.41, 5.74) is 1.39. The predicted molar refractivity (Wildman–Crippen MR) is 74.9 cm³/mol. The molecule has 0 bridgehead atoms. The van der Waals surface area contributed by atoms with Gasteiger partial charge >= 0.3 is 6.03 Å². The standard InChI is InChI=1S/C15H21N3O/c1-16-15(12-5-3-2-4-6-12)9-7-14(8-10-15)11-17-13(19)18-14/h2-6,16H,7-11H2,1H3,(H2,17,18,19). The molecule has 1 aliphatic heterocycles. The number of nitrogens with one attached hydrogen (secondary N) is 3. The van der Waals surface area contributed by atoms with Gasteiger partial charge in [0.05, 0.1) is 5.54 Å². The van der Waals surface area contributed by atoms with Gasteiger partial charge in [-0.25, -0.2) is 4.79 Å². The van der Waals surface area contributed by atoms with Gasteiger partial charge in [0, 0.05) is 12.1 Å². The van der Waals surface area contributed by atoms with Crippen molar-refractivity contribution in [2.75, 3.05) is 13.6 Å². The number of benzene rings is 1. The lowest BCUT2D eigenvalue weighted by Gasteiger charge is -2.44. The molecule has 1 aromatic rings. The van der Waals surface area contributed by atoms with E-state index in [1.54, 1.807) is 0 Å². The fraction of sp³-hybridized carbons (Fsp3) is 0.533. The van der Waals surface area contributed by atoms with Crippen LogP contribution in [0, 0.1) is 0 Å². The number of rotatable bonds is 2. The fourth-order valence-corrected chi connectivity index (χ4v) is 3.48. The predicted octanol–water partition coefficient (Wildman–Crippen LogP) is 1.73. The molecule has 102 valence electrons. The Morgan fingerprint density at radius 2 is 1.79 bits per heavy atom. The summed E-state index contributed by atoms with van der Waals surface area (Å²) in [7, 11) is 2.04. The Morgan fingerprint density at radius 3 is 2.32 bits per heavy atom. The van der Waals surface area contributed by atoms with Crippen LogP contribution in [0.1, 0.15) is 31.2 Å². The highest BCUT2D eigenvalue weighted by molar-refractivity contribution is 5.77. The molecule has 19 heavy (non-hydrogen) atoms. The van der Waals surface area contributed by atoms with Gasteiger partial charge in [-0.05, 0) is 38.3 Å². The zero-order valence-corrected chi connectivity index (χ0v) is 11.3. The van der Waals surface area contributed by atoms with Crippen LogP contribution in [0.5, 0.6) is 0 Å². The zero-order valence-electron chi connectivity index (χ0n) is 11.3. The molecule has 1 aromatic carbocycles. The summed E-state index contributed by atoms with van der Waals surface area (Å²) in [6.45, 7) is 0.764. The first kappa shape index (κ1) is 12.5. The smallest absolute Gasteiger partial charge is 0.315 e. The minimum atomic E-state index is -0.0216. The van der Waals surface area contributed by atoms with E-state index in [1.807, 2.05) is 7.05 Å². The van der Waals surface area contributed by atoms with Gasteiger partial charge in [-0.1, -0.05) is 30.3 Å². The summed E-state index contributed by atoms with van der Waals surface area (Å²) < 4.78 is 0. The van der Waals surface area contributed by atoms with Crippen LogP contribution in [0.25, 0.3) is 0 Å². The van der Waals surface area contributed by atoms with E-state index < -0.39 is 0 Å². The van der Waals surface area contributed by atoms with Gasteiger partial charge in [-0.3, -0.25) is 0 Å². The van der Waals surface area contributed by atoms with E-state index >= 15 is 0 Å². The van der Waals surface area contributed by atoms with E-state index in [9.17, 15) is 4.79 Å². The lowest BCUT2D eigenvalue weighted by Crippen LogP contribution is -2.53. The molecular formula is C15H21N3O. The second kappa shape index (κ2) is 4.53. The fourth-order valence-electron chi connectivity index (χ4n) is 3.48. The van der Waals surface area contributed by atoms with Crippen LogP contribution in [0.2, 0.25) is 0 Å². The van der Waals surface area contributed by atoms with E-state index in [2.05, 4.69) is 46.3 Å². The van der Waals surface area contributed by atoms with Gasteiger partial charge in [0.1, 0.15) is 0 Å². The summed E-state index contributed by atoms with van der Waals surface area (Å²) in [6, 6.07) is 10.6. The molecule has 4 heteroatoms. The summed E-state index contributed by atoms with van der Waals surface area (Å²) in [5.74, 6) is 0. The van der Waals surface area contributed by atoms with Crippen LogP contribution in [-0.4, -0.2) is 25.2 Å². The second-order valence-electron chi connectivity index (χ2n) is 5.79. The third kappa shape index (κ3) is 2.10. The molecule has 1 spiro atoms. The van der Waals surface area contributed by atoms with E-state index in [-0.39, 0.29) is 17.1 Å². The van der Waals surface area contributed by atoms with Crippen molar-refractivity contribution in [3.63, 3.8) is 0 Å². The van der Waals surface area contributed by atoms with Gasteiger partial charge in [-0.15, -0.1) is 0 Å². The first-order chi connectivity index (χ1) is 9.18. The van der Waals surface area contributed by atoms with Crippen LogP contribution >= 0.6 is 0 Å². The first-order valence-electron chi connectivity index (χ1n) is 6.99. The highest BCUT2D eigenvalue weighted by atomic mass is 16.2. The SMILES string of the molecule is CNC1(c2ccccc2)CCC2(CC1)CNC(=O)N2. The molecule has 0 radical (unpaired) electrons. The highest BCUT2D eigenvalue weighted by Crippen LogP contribution is 2.41. The van der Waals surface area contributed by atoms with Crippen LogP contribution < -0.4 is 16.0 Å². The number of urea groups is 1. The number of carbonyl (C=O) groups is 1. The van der Waals surface area contributed by atoms with Crippen molar-refractivity contribution in [3.8, 4) is 0 Å². The van der Waals surface area contributed by atoms with Crippen molar-refractivity contribution in [1.29, 1.82) is 0 Å². The summed E-state index contributed by atoms with van der Waals surface area (Å²) in [6.07, 6.45) is 4.13. The van der Waals surface area contributed by atoms with Crippen LogP contribution in [0.15, 0.2) is 30.3 Å². The average molecular weight is 259 g/mol. The molecule has 3 rings (SSSR count). The third-order valence-electron chi connectivity index (χ3n) is 4.83.